The molecule has 3 aromatic carbocycles. The van der Waals surface area contributed by atoms with Crippen LogP contribution in [0.4, 0.5) is 0 Å². The van der Waals surface area contributed by atoms with Crippen molar-refractivity contribution < 1.29 is 14.3 Å². The minimum absolute atomic E-state index is 0.0236. The second-order valence-corrected chi connectivity index (χ2v) is 10.3. The third-order valence-electron chi connectivity index (χ3n) is 5.78. The number of rotatable bonds is 11. The molecule has 0 fully saturated rings. The topological polar surface area (TPSA) is 58.6 Å². The van der Waals surface area contributed by atoms with Gasteiger partial charge in [-0.05, 0) is 70.7 Å². The number of nitrogens with zero attached hydrogens (tertiary/aromatic N) is 1. The van der Waals surface area contributed by atoms with Crippen molar-refractivity contribution in [2.75, 3.05) is 6.61 Å². The van der Waals surface area contributed by atoms with Crippen molar-refractivity contribution in [3.63, 3.8) is 0 Å². The molecule has 0 radical (unpaired) electrons. The molecule has 0 aliphatic heterocycles. The number of ether oxygens (including phenoxy) is 1. The first kappa shape index (κ1) is 28.0. The summed E-state index contributed by atoms with van der Waals surface area (Å²) in [5.41, 5.74) is 1.81. The molecule has 0 heterocycles. The van der Waals surface area contributed by atoms with Crippen molar-refractivity contribution >= 4 is 50.9 Å². The Labute approximate surface area is 230 Å². The summed E-state index contributed by atoms with van der Waals surface area (Å²) in [6, 6.07) is 21.2. The smallest absolute Gasteiger partial charge is 0.261 e. The standard InChI is InChI=1S/C28H29BrCl2N2O3/c1-3-19(2)32-28(35)25(15-20-7-5-4-6-8-20)33(17-21-9-11-22(30)12-10-21)27(34)18-36-26-14-13-23(31)16-24(26)29/h4-14,16,19,25H,3,15,17-18H2,1-2H3,(H,32,35). The molecule has 3 rings (SSSR count). The Morgan fingerprint density at radius 2 is 1.64 bits per heavy atom. The molecule has 0 saturated heterocycles. The van der Waals surface area contributed by atoms with Crippen molar-refractivity contribution in [2.24, 2.45) is 0 Å². The van der Waals surface area contributed by atoms with Crippen molar-refractivity contribution in [3.8, 4) is 5.75 Å². The Morgan fingerprint density at radius 3 is 2.28 bits per heavy atom. The van der Waals surface area contributed by atoms with Crippen LogP contribution in [0.1, 0.15) is 31.4 Å². The van der Waals surface area contributed by atoms with E-state index in [9.17, 15) is 9.59 Å². The van der Waals surface area contributed by atoms with Gasteiger partial charge in [0.05, 0.1) is 4.47 Å². The van der Waals surface area contributed by atoms with Crippen molar-refractivity contribution in [1.29, 1.82) is 0 Å². The number of halogens is 3. The largest absolute Gasteiger partial charge is 0.483 e. The molecule has 0 bridgehead atoms. The van der Waals surface area contributed by atoms with Crippen LogP contribution in [-0.2, 0) is 22.6 Å². The molecule has 0 saturated carbocycles. The molecule has 5 nitrogen and oxygen atoms in total. The first-order valence-electron chi connectivity index (χ1n) is 11.7. The summed E-state index contributed by atoms with van der Waals surface area (Å²) < 4.78 is 6.47. The van der Waals surface area contributed by atoms with Gasteiger partial charge in [-0.2, -0.15) is 0 Å². The third kappa shape index (κ3) is 8.26. The third-order valence-corrected chi connectivity index (χ3v) is 6.89. The van der Waals surface area contributed by atoms with E-state index >= 15 is 0 Å². The van der Waals surface area contributed by atoms with E-state index in [0.717, 1.165) is 17.5 Å². The molecule has 1 N–H and O–H groups in total. The zero-order valence-electron chi connectivity index (χ0n) is 20.2. The highest BCUT2D eigenvalue weighted by Crippen LogP contribution is 2.28. The molecule has 8 heteroatoms. The van der Waals surface area contributed by atoms with E-state index in [4.69, 9.17) is 27.9 Å². The fourth-order valence-corrected chi connectivity index (χ4v) is 4.52. The zero-order valence-corrected chi connectivity index (χ0v) is 23.3. The highest BCUT2D eigenvalue weighted by molar-refractivity contribution is 9.10. The van der Waals surface area contributed by atoms with Gasteiger partial charge in [-0.3, -0.25) is 9.59 Å². The summed E-state index contributed by atoms with van der Waals surface area (Å²) in [5, 5.41) is 4.20. The molecule has 0 aromatic heterocycles. The SMILES string of the molecule is CCC(C)NC(=O)C(Cc1ccccc1)N(Cc1ccc(Cl)cc1)C(=O)COc1ccc(Cl)cc1Br. The molecule has 0 spiro atoms. The molecule has 2 amide bonds. The van der Waals surface area contributed by atoms with E-state index in [1.54, 1.807) is 35.2 Å². The minimum Gasteiger partial charge on any atom is -0.483 e. The van der Waals surface area contributed by atoms with Crippen molar-refractivity contribution in [2.45, 2.75) is 45.3 Å². The van der Waals surface area contributed by atoms with Crippen molar-refractivity contribution in [3.05, 3.63) is 98.4 Å². The van der Waals surface area contributed by atoms with Crippen LogP contribution in [0.5, 0.6) is 5.75 Å². The summed E-state index contributed by atoms with van der Waals surface area (Å²) in [6.07, 6.45) is 1.15. The van der Waals surface area contributed by atoms with Gasteiger partial charge in [-0.1, -0.05) is 72.6 Å². The lowest BCUT2D eigenvalue weighted by Crippen LogP contribution is -2.53. The van der Waals surface area contributed by atoms with E-state index in [0.29, 0.717) is 26.7 Å². The zero-order chi connectivity index (χ0) is 26.1. The van der Waals surface area contributed by atoms with Gasteiger partial charge in [0.25, 0.3) is 5.91 Å². The lowest BCUT2D eigenvalue weighted by molar-refractivity contribution is -0.143. The van der Waals surface area contributed by atoms with Crippen LogP contribution in [0.2, 0.25) is 10.0 Å². The van der Waals surface area contributed by atoms with E-state index in [1.807, 2.05) is 56.3 Å². The Balaban J connectivity index is 1.91. The first-order chi connectivity index (χ1) is 17.3. The summed E-state index contributed by atoms with van der Waals surface area (Å²) >= 11 is 15.5. The second kappa shape index (κ2) is 13.7. The van der Waals surface area contributed by atoms with Crippen LogP contribution in [0.3, 0.4) is 0 Å². The molecular weight excluding hydrogens is 563 g/mol. The average molecular weight is 592 g/mol. The molecule has 190 valence electrons. The fraction of sp³-hybridized carbons (Fsp3) is 0.286. The van der Waals surface area contributed by atoms with Gasteiger partial charge in [-0.25, -0.2) is 0 Å². The molecule has 2 atom stereocenters. The van der Waals surface area contributed by atoms with Crippen LogP contribution in [0, 0.1) is 0 Å². The van der Waals surface area contributed by atoms with Crippen LogP contribution >= 0.6 is 39.1 Å². The van der Waals surface area contributed by atoms with Gasteiger partial charge in [0.1, 0.15) is 11.8 Å². The Morgan fingerprint density at radius 1 is 0.972 bits per heavy atom. The predicted octanol–water partition coefficient (Wildman–Crippen LogP) is 6.69. The maximum Gasteiger partial charge on any atom is 0.261 e. The van der Waals surface area contributed by atoms with Crippen LogP contribution in [-0.4, -0.2) is 35.4 Å². The summed E-state index contributed by atoms with van der Waals surface area (Å²) in [7, 11) is 0. The van der Waals surface area contributed by atoms with Gasteiger partial charge in [0.2, 0.25) is 5.91 Å². The van der Waals surface area contributed by atoms with E-state index in [1.165, 1.54) is 0 Å². The quantitative estimate of drug-likeness (QED) is 0.270. The van der Waals surface area contributed by atoms with Crippen LogP contribution in [0.25, 0.3) is 0 Å². The molecular formula is C28H29BrCl2N2O3. The molecule has 3 aromatic rings. The highest BCUT2D eigenvalue weighted by Gasteiger charge is 2.31. The van der Waals surface area contributed by atoms with E-state index in [-0.39, 0.29) is 31.0 Å². The van der Waals surface area contributed by atoms with Crippen LogP contribution < -0.4 is 10.1 Å². The molecule has 0 aliphatic rings. The van der Waals surface area contributed by atoms with E-state index in [2.05, 4.69) is 21.2 Å². The predicted molar refractivity (Wildman–Crippen MR) is 148 cm³/mol. The van der Waals surface area contributed by atoms with Gasteiger partial charge in [0.15, 0.2) is 6.61 Å². The lowest BCUT2D eigenvalue weighted by Gasteiger charge is -2.32. The monoisotopic (exact) mass is 590 g/mol. The van der Waals surface area contributed by atoms with Crippen molar-refractivity contribution in [1.82, 2.24) is 10.2 Å². The number of carbonyl (C=O) groups is 2. The highest BCUT2D eigenvalue weighted by atomic mass is 79.9. The molecule has 2 unspecified atom stereocenters. The van der Waals surface area contributed by atoms with Gasteiger partial charge in [0, 0.05) is 29.1 Å². The van der Waals surface area contributed by atoms with Gasteiger partial charge >= 0.3 is 0 Å². The number of nitrogens with one attached hydrogen (secondary N) is 1. The summed E-state index contributed by atoms with van der Waals surface area (Å²) in [4.78, 5) is 28.7. The number of amides is 2. The lowest BCUT2D eigenvalue weighted by atomic mass is 10.0. The second-order valence-electron chi connectivity index (χ2n) is 8.53. The Hall–Kier alpha value is -2.54. The van der Waals surface area contributed by atoms with Gasteiger partial charge in [-0.15, -0.1) is 0 Å². The normalized spacial score (nSPS) is 12.5. The number of hydrogen-bond acceptors (Lipinski definition) is 3. The average Bonchev–Trinajstić information content (AvgIpc) is 2.87. The summed E-state index contributed by atoms with van der Waals surface area (Å²) in [6.45, 7) is 3.94. The number of hydrogen-bond donors (Lipinski definition) is 1. The van der Waals surface area contributed by atoms with Gasteiger partial charge < -0.3 is 15.0 Å². The Bertz CT molecular complexity index is 1160. The minimum atomic E-state index is -0.734. The summed E-state index contributed by atoms with van der Waals surface area (Å²) in [5.74, 6) is -0.0296. The molecule has 36 heavy (non-hydrogen) atoms. The molecule has 0 aliphatic carbocycles. The van der Waals surface area contributed by atoms with Crippen LogP contribution in [0.15, 0.2) is 77.3 Å². The fourth-order valence-electron chi connectivity index (χ4n) is 3.60. The Kier molecular flexibility index (Phi) is 10.7. The number of benzene rings is 3. The van der Waals surface area contributed by atoms with E-state index < -0.39 is 6.04 Å². The first-order valence-corrected chi connectivity index (χ1v) is 13.3. The number of carbonyl (C=O) groups excluding carboxylic acids is 2. The maximum atomic E-state index is 13.6. The maximum absolute atomic E-state index is 13.6.